The Hall–Kier alpha value is -1.22. The first-order valence-electron chi connectivity index (χ1n) is 6.66. The van der Waals surface area contributed by atoms with Crippen molar-refractivity contribution in [3.63, 3.8) is 0 Å². The summed E-state index contributed by atoms with van der Waals surface area (Å²) in [5.74, 6) is 0.428. The third kappa shape index (κ3) is 5.11. The van der Waals surface area contributed by atoms with Gasteiger partial charge in [-0.05, 0) is 31.9 Å². The summed E-state index contributed by atoms with van der Waals surface area (Å²) in [6.07, 6.45) is 1.31. The van der Waals surface area contributed by atoms with E-state index in [1.165, 1.54) is 0 Å². The fourth-order valence-electron chi connectivity index (χ4n) is 1.72. The smallest absolute Gasteiger partial charge is 0.309 e. The van der Waals surface area contributed by atoms with E-state index in [1.54, 1.807) is 12.1 Å². The van der Waals surface area contributed by atoms with Gasteiger partial charge in [0.25, 0.3) is 0 Å². The van der Waals surface area contributed by atoms with Gasteiger partial charge in [0.1, 0.15) is 18.5 Å². The molecule has 19 heavy (non-hydrogen) atoms. The van der Waals surface area contributed by atoms with E-state index >= 15 is 0 Å². The standard InChI is InChI=1S/C15H21ClO3/c1-4-12(5-2)15(17)19-11(3)10-18-14-9-7-6-8-13(14)16/h6-9,11-12H,4-5,10H2,1-3H3/t11-/m0/s1. The number of para-hydroxylation sites is 1. The van der Waals surface area contributed by atoms with E-state index in [1.807, 2.05) is 32.9 Å². The van der Waals surface area contributed by atoms with E-state index in [4.69, 9.17) is 21.1 Å². The molecule has 4 heteroatoms. The maximum absolute atomic E-state index is 11.8. The summed E-state index contributed by atoms with van der Waals surface area (Å²) in [6.45, 7) is 6.09. The maximum atomic E-state index is 11.8. The Morgan fingerprint density at radius 1 is 1.26 bits per heavy atom. The molecule has 0 aliphatic carbocycles. The fourth-order valence-corrected chi connectivity index (χ4v) is 1.91. The Kier molecular flexibility index (Phi) is 6.71. The van der Waals surface area contributed by atoms with Crippen LogP contribution in [0.5, 0.6) is 5.75 Å². The lowest BCUT2D eigenvalue weighted by molar-refractivity contribution is -0.154. The average Bonchev–Trinajstić information content (AvgIpc) is 2.39. The van der Waals surface area contributed by atoms with Crippen molar-refractivity contribution in [3.8, 4) is 5.75 Å². The number of halogens is 1. The van der Waals surface area contributed by atoms with Gasteiger partial charge in [-0.3, -0.25) is 4.79 Å². The molecule has 0 saturated carbocycles. The van der Waals surface area contributed by atoms with Gasteiger partial charge in [-0.1, -0.05) is 37.6 Å². The van der Waals surface area contributed by atoms with Crippen LogP contribution in [0.1, 0.15) is 33.6 Å². The Morgan fingerprint density at radius 2 is 1.89 bits per heavy atom. The van der Waals surface area contributed by atoms with Crippen LogP contribution in [0.4, 0.5) is 0 Å². The Bertz CT molecular complexity index is 402. The SMILES string of the molecule is CCC(CC)C(=O)O[C@@H](C)COc1ccccc1Cl. The molecular formula is C15H21ClO3. The topological polar surface area (TPSA) is 35.5 Å². The van der Waals surface area contributed by atoms with E-state index in [2.05, 4.69) is 0 Å². The molecule has 0 radical (unpaired) electrons. The summed E-state index contributed by atoms with van der Waals surface area (Å²) in [4.78, 5) is 11.8. The second-order valence-corrected chi connectivity index (χ2v) is 4.91. The number of carbonyl (C=O) groups excluding carboxylic acids is 1. The van der Waals surface area contributed by atoms with E-state index in [-0.39, 0.29) is 18.0 Å². The molecule has 0 N–H and O–H groups in total. The molecule has 0 spiro atoms. The molecule has 0 aliphatic rings. The maximum Gasteiger partial charge on any atom is 0.309 e. The van der Waals surface area contributed by atoms with Crippen LogP contribution in [0.25, 0.3) is 0 Å². The predicted molar refractivity (Wildman–Crippen MR) is 76.6 cm³/mol. The molecule has 0 aliphatic heterocycles. The number of esters is 1. The fraction of sp³-hybridized carbons (Fsp3) is 0.533. The van der Waals surface area contributed by atoms with E-state index in [0.717, 1.165) is 12.8 Å². The Morgan fingerprint density at radius 3 is 2.47 bits per heavy atom. The van der Waals surface area contributed by atoms with Crippen LogP contribution in [-0.2, 0) is 9.53 Å². The third-order valence-corrected chi connectivity index (χ3v) is 3.26. The van der Waals surface area contributed by atoms with Crippen LogP contribution in [0, 0.1) is 5.92 Å². The monoisotopic (exact) mass is 284 g/mol. The molecule has 0 fully saturated rings. The minimum atomic E-state index is -0.288. The van der Waals surface area contributed by atoms with Crippen molar-refractivity contribution in [1.82, 2.24) is 0 Å². The molecule has 106 valence electrons. The Balaban J connectivity index is 2.42. The summed E-state index contributed by atoms with van der Waals surface area (Å²) >= 11 is 5.98. The molecule has 0 saturated heterocycles. The molecule has 1 aromatic carbocycles. The zero-order valence-corrected chi connectivity index (χ0v) is 12.4. The van der Waals surface area contributed by atoms with Gasteiger partial charge in [0.05, 0.1) is 10.9 Å². The molecule has 1 atom stereocenters. The van der Waals surface area contributed by atoms with Crippen molar-refractivity contribution in [2.24, 2.45) is 5.92 Å². The zero-order chi connectivity index (χ0) is 14.3. The van der Waals surface area contributed by atoms with Crippen LogP contribution in [0.15, 0.2) is 24.3 Å². The first-order chi connectivity index (χ1) is 9.08. The quantitative estimate of drug-likeness (QED) is 0.708. The lowest BCUT2D eigenvalue weighted by Gasteiger charge is -2.18. The van der Waals surface area contributed by atoms with Crippen molar-refractivity contribution in [1.29, 1.82) is 0 Å². The lowest BCUT2D eigenvalue weighted by atomic mass is 10.0. The number of carbonyl (C=O) groups is 1. The molecule has 1 aromatic rings. The average molecular weight is 285 g/mol. The minimum Gasteiger partial charge on any atom is -0.488 e. The zero-order valence-electron chi connectivity index (χ0n) is 11.7. The number of rotatable bonds is 7. The van der Waals surface area contributed by atoms with Crippen molar-refractivity contribution in [2.45, 2.75) is 39.7 Å². The molecule has 0 heterocycles. The predicted octanol–water partition coefficient (Wildman–Crippen LogP) is 4.09. The van der Waals surface area contributed by atoms with Gasteiger partial charge < -0.3 is 9.47 Å². The molecular weight excluding hydrogens is 264 g/mol. The van der Waals surface area contributed by atoms with Crippen LogP contribution >= 0.6 is 11.6 Å². The number of hydrogen-bond donors (Lipinski definition) is 0. The summed E-state index contributed by atoms with van der Waals surface area (Å²) in [6, 6.07) is 7.24. The van der Waals surface area contributed by atoms with Gasteiger partial charge in [0, 0.05) is 0 Å². The van der Waals surface area contributed by atoms with E-state index in [0.29, 0.717) is 17.4 Å². The van der Waals surface area contributed by atoms with Gasteiger partial charge >= 0.3 is 5.97 Å². The highest BCUT2D eigenvalue weighted by Gasteiger charge is 2.18. The van der Waals surface area contributed by atoms with Gasteiger partial charge in [-0.15, -0.1) is 0 Å². The first kappa shape index (κ1) is 15.8. The largest absolute Gasteiger partial charge is 0.488 e. The lowest BCUT2D eigenvalue weighted by Crippen LogP contribution is -2.26. The Labute approximate surface area is 119 Å². The highest BCUT2D eigenvalue weighted by molar-refractivity contribution is 6.32. The molecule has 0 unspecified atom stereocenters. The van der Waals surface area contributed by atoms with Crippen molar-refractivity contribution in [2.75, 3.05) is 6.61 Å². The molecule has 0 aromatic heterocycles. The first-order valence-corrected chi connectivity index (χ1v) is 7.04. The summed E-state index contributed by atoms with van der Waals surface area (Å²) in [5, 5.41) is 0.556. The van der Waals surface area contributed by atoms with Crippen LogP contribution < -0.4 is 4.74 Å². The highest BCUT2D eigenvalue weighted by atomic mass is 35.5. The molecule has 0 bridgehead atoms. The second kappa shape index (κ2) is 8.05. The van der Waals surface area contributed by atoms with Crippen molar-refractivity contribution < 1.29 is 14.3 Å². The normalized spacial score (nSPS) is 12.3. The van der Waals surface area contributed by atoms with Gasteiger partial charge in [0.15, 0.2) is 0 Å². The number of ether oxygens (including phenoxy) is 2. The van der Waals surface area contributed by atoms with E-state index < -0.39 is 0 Å². The van der Waals surface area contributed by atoms with Gasteiger partial charge in [0.2, 0.25) is 0 Å². The minimum absolute atomic E-state index is 0.0252. The van der Waals surface area contributed by atoms with Gasteiger partial charge in [-0.25, -0.2) is 0 Å². The summed E-state index contributed by atoms with van der Waals surface area (Å²) in [7, 11) is 0. The molecule has 3 nitrogen and oxygen atoms in total. The van der Waals surface area contributed by atoms with Crippen LogP contribution in [0.3, 0.4) is 0 Å². The second-order valence-electron chi connectivity index (χ2n) is 4.50. The molecule has 0 amide bonds. The summed E-state index contributed by atoms with van der Waals surface area (Å²) < 4.78 is 10.9. The number of hydrogen-bond acceptors (Lipinski definition) is 3. The van der Waals surface area contributed by atoms with Gasteiger partial charge in [-0.2, -0.15) is 0 Å². The summed E-state index contributed by atoms with van der Waals surface area (Å²) in [5.41, 5.74) is 0. The van der Waals surface area contributed by atoms with Crippen molar-refractivity contribution >= 4 is 17.6 Å². The number of benzene rings is 1. The highest BCUT2D eigenvalue weighted by Crippen LogP contribution is 2.23. The van der Waals surface area contributed by atoms with Crippen LogP contribution in [-0.4, -0.2) is 18.7 Å². The molecule has 1 rings (SSSR count). The van der Waals surface area contributed by atoms with Crippen molar-refractivity contribution in [3.05, 3.63) is 29.3 Å². The van der Waals surface area contributed by atoms with E-state index in [9.17, 15) is 4.79 Å². The third-order valence-electron chi connectivity index (χ3n) is 2.95. The van der Waals surface area contributed by atoms with Crippen LogP contribution in [0.2, 0.25) is 5.02 Å².